The maximum absolute atomic E-state index is 14.0. The lowest BCUT2D eigenvalue weighted by Crippen LogP contribution is -2.54. The predicted molar refractivity (Wildman–Crippen MR) is 81.7 cm³/mol. The van der Waals surface area contributed by atoms with Crippen molar-refractivity contribution >= 4 is 23.6 Å². The molecule has 1 unspecified atom stereocenters. The van der Waals surface area contributed by atoms with E-state index in [0.29, 0.717) is 23.5 Å². The Labute approximate surface area is 132 Å². The van der Waals surface area contributed by atoms with E-state index < -0.39 is 17.3 Å². The van der Waals surface area contributed by atoms with Gasteiger partial charge in [-0.25, -0.2) is 9.18 Å². The van der Waals surface area contributed by atoms with E-state index in [-0.39, 0.29) is 24.5 Å². The molecule has 0 saturated carbocycles. The number of carboxylic acid groups (broad SMARTS) is 1. The molecule has 1 fully saturated rings. The third-order valence-electron chi connectivity index (χ3n) is 3.69. The average molecular weight is 327 g/mol. The Morgan fingerprint density at radius 3 is 2.86 bits per heavy atom. The largest absolute Gasteiger partial charge is 0.494 e. The van der Waals surface area contributed by atoms with Gasteiger partial charge in [-0.15, -0.1) is 0 Å². The number of amides is 1. The van der Waals surface area contributed by atoms with Crippen LogP contribution in [0, 0.1) is 5.82 Å². The molecule has 1 heterocycles. The van der Waals surface area contributed by atoms with Gasteiger partial charge in [0.25, 0.3) is 0 Å². The fourth-order valence-electron chi connectivity index (χ4n) is 2.37. The molecule has 1 aromatic carbocycles. The zero-order valence-electron chi connectivity index (χ0n) is 12.2. The highest BCUT2D eigenvalue weighted by Gasteiger charge is 2.43. The van der Waals surface area contributed by atoms with E-state index in [4.69, 9.17) is 4.74 Å². The number of rotatable bonds is 6. The molecule has 0 bridgehead atoms. The van der Waals surface area contributed by atoms with E-state index in [9.17, 15) is 19.1 Å². The number of benzene rings is 1. The molecule has 5 nitrogen and oxygen atoms in total. The number of hydrogen-bond donors (Lipinski definition) is 2. The van der Waals surface area contributed by atoms with Crippen molar-refractivity contribution in [1.29, 1.82) is 0 Å². The highest BCUT2D eigenvalue weighted by molar-refractivity contribution is 7.99. The molecule has 1 aliphatic heterocycles. The molecule has 0 aromatic heterocycles. The first-order chi connectivity index (χ1) is 10.5. The molecule has 22 heavy (non-hydrogen) atoms. The number of thioether (sulfide) groups is 1. The second-order valence-corrected chi connectivity index (χ2v) is 6.28. The van der Waals surface area contributed by atoms with Crippen LogP contribution >= 0.6 is 11.8 Å². The van der Waals surface area contributed by atoms with Crippen molar-refractivity contribution < 1.29 is 23.8 Å². The Bertz CT molecular complexity index is 573. The van der Waals surface area contributed by atoms with E-state index in [2.05, 4.69) is 5.32 Å². The van der Waals surface area contributed by atoms with E-state index in [1.165, 1.54) is 24.9 Å². The summed E-state index contributed by atoms with van der Waals surface area (Å²) in [5.74, 6) is -0.682. The van der Waals surface area contributed by atoms with Gasteiger partial charge in [-0.3, -0.25) is 4.79 Å². The summed E-state index contributed by atoms with van der Waals surface area (Å²) in [5, 5.41) is 11.9. The Morgan fingerprint density at radius 1 is 1.50 bits per heavy atom. The van der Waals surface area contributed by atoms with Crippen LogP contribution < -0.4 is 10.1 Å². The lowest BCUT2D eigenvalue weighted by atomic mass is 9.98. The lowest BCUT2D eigenvalue weighted by Gasteiger charge is -2.24. The van der Waals surface area contributed by atoms with Crippen molar-refractivity contribution in [3.05, 3.63) is 29.6 Å². The topological polar surface area (TPSA) is 75.6 Å². The van der Waals surface area contributed by atoms with Crippen LogP contribution in [0.4, 0.5) is 4.39 Å². The van der Waals surface area contributed by atoms with Gasteiger partial charge in [-0.1, -0.05) is 12.1 Å². The number of aryl methyl sites for hydroxylation is 1. The Balaban J connectivity index is 1.97. The van der Waals surface area contributed by atoms with E-state index in [1.54, 1.807) is 12.1 Å². The zero-order valence-corrected chi connectivity index (χ0v) is 13.0. The minimum atomic E-state index is -1.19. The zero-order chi connectivity index (χ0) is 16.2. The van der Waals surface area contributed by atoms with Crippen molar-refractivity contribution in [2.75, 3.05) is 18.6 Å². The Hall–Kier alpha value is -1.76. The number of hydrogen-bond acceptors (Lipinski definition) is 4. The highest BCUT2D eigenvalue weighted by atomic mass is 32.2. The highest BCUT2D eigenvalue weighted by Crippen LogP contribution is 2.28. The SMILES string of the molecule is COc1cccc(CCC(=O)NC2(C(=O)O)CCSC2)c1F. The minimum Gasteiger partial charge on any atom is -0.494 e. The average Bonchev–Trinajstić information content (AvgIpc) is 2.96. The van der Waals surface area contributed by atoms with Crippen LogP contribution in [0.15, 0.2) is 18.2 Å². The minimum absolute atomic E-state index is 0.0315. The third-order valence-corrected chi connectivity index (χ3v) is 4.88. The summed E-state index contributed by atoms with van der Waals surface area (Å²) in [6, 6.07) is 4.75. The molecular formula is C15H18FNO4S. The van der Waals surface area contributed by atoms with Gasteiger partial charge >= 0.3 is 5.97 Å². The van der Waals surface area contributed by atoms with Crippen molar-refractivity contribution in [3.63, 3.8) is 0 Å². The molecule has 1 saturated heterocycles. The number of halogens is 1. The summed E-state index contributed by atoms with van der Waals surface area (Å²) in [4.78, 5) is 23.4. The number of carboxylic acids is 1. The lowest BCUT2D eigenvalue weighted by molar-refractivity contribution is -0.146. The summed E-state index contributed by atoms with van der Waals surface area (Å²) in [7, 11) is 1.38. The summed E-state index contributed by atoms with van der Waals surface area (Å²) >= 11 is 1.50. The van der Waals surface area contributed by atoms with Crippen molar-refractivity contribution in [2.45, 2.75) is 24.8 Å². The van der Waals surface area contributed by atoms with Gasteiger partial charge in [-0.05, 0) is 30.2 Å². The first-order valence-electron chi connectivity index (χ1n) is 6.92. The fraction of sp³-hybridized carbons (Fsp3) is 0.467. The van der Waals surface area contributed by atoms with Crippen LogP contribution in [0.2, 0.25) is 0 Å². The van der Waals surface area contributed by atoms with E-state index in [0.717, 1.165) is 0 Å². The smallest absolute Gasteiger partial charge is 0.330 e. The Kier molecular flexibility index (Phi) is 5.28. The number of carbonyl (C=O) groups is 2. The van der Waals surface area contributed by atoms with Gasteiger partial charge < -0.3 is 15.2 Å². The fourth-order valence-corrected chi connectivity index (χ4v) is 3.70. The van der Waals surface area contributed by atoms with Gasteiger partial charge in [0.15, 0.2) is 11.6 Å². The van der Waals surface area contributed by atoms with Gasteiger partial charge in [0.05, 0.1) is 7.11 Å². The van der Waals surface area contributed by atoms with Gasteiger partial charge in [0.2, 0.25) is 5.91 Å². The molecule has 1 aliphatic rings. The van der Waals surface area contributed by atoms with E-state index >= 15 is 0 Å². The second kappa shape index (κ2) is 7.00. The van der Waals surface area contributed by atoms with Gasteiger partial charge in [0.1, 0.15) is 5.54 Å². The molecular weight excluding hydrogens is 309 g/mol. The van der Waals surface area contributed by atoms with Crippen LogP contribution in [0.3, 0.4) is 0 Å². The van der Waals surface area contributed by atoms with Crippen LogP contribution in [0.5, 0.6) is 5.75 Å². The maximum atomic E-state index is 14.0. The third kappa shape index (κ3) is 3.52. The molecule has 1 amide bonds. The molecule has 7 heteroatoms. The van der Waals surface area contributed by atoms with Gasteiger partial charge in [-0.2, -0.15) is 11.8 Å². The van der Waals surface area contributed by atoms with Crippen molar-refractivity contribution in [2.24, 2.45) is 0 Å². The number of methoxy groups -OCH3 is 1. The summed E-state index contributed by atoms with van der Waals surface area (Å²) in [6.45, 7) is 0. The number of ether oxygens (including phenoxy) is 1. The second-order valence-electron chi connectivity index (χ2n) is 5.17. The molecule has 0 aliphatic carbocycles. The first-order valence-corrected chi connectivity index (χ1v) is 8.07. The first kappa shape index (κ1) is 16.6. The quantitative estimate of drug-likeness (QED) is 0.834. The number of carbonyl (C=O) groups excluding carboxylic acids is 1. The monoisotopic (exact) mass is 327 g/mol. The maximum Gasteiger partial charge on any atom is 0.330 e. The number of aliphatic carboxylic acids is 1. The normalized spacial score (nSPS) is 20.6. The molecule has 1 atom stereocenters. The summed E-state index contributed by atoms with van der Waals surface area (Å²) in [5.41, 5.74) is -0.811. The van der Waals surface area contributed by atoms with Crippen LogP contribution in [0.25, 0.3) is 0 Å². The number of nitrogens with one attached hydrogen (secondary N) is 1. The van der Waals surface area contributed by atoms with Gasteiger partial charge in [0, 0.05) is 12.2 Å². The summed E-state index contributed by atoms with van der Waals surface area (Å²) < 4.78 is 18.9. The predicted octanol–water partition coefficient (Wildman–Crippen LogP) is 1.84. The molecule has 1 aromatic rings. The Morgan fingerprint density at radius 2 is 2.27 bits per heavy atom. The van der Waals surface area contributed by atoms with Crippen LogP contribution in [0.1, 0.15) is 18.4 Å². The van der Waals surface area contributed by atoms with E-state index in [1.807, 2.05) is 0 Å². The van der Waals surface area contributed by atoms with Crippen molar-refractivity contribution in [3.8, 4) is 5.75 Å². The molecule has 2 N–H and O–H groups in total. The summed E-state index contributed by atoms with van der Waals surface area (Å²) in [6.07, 6.45) is 0.633. The molecule has 0 radical (unpaired) electrons. The van der Waals surface area contributed by atoms with Crippen LogP contribution in [-0.4, -0.2) is 41.1 Å². The molecule has 0 spiro atoms. The van der Waals surface area contributed by atoms with Crippen molar-refractivity contribution in [1.82, 2.24) is 5.32 Å². The molecule has 120 valence electrons. The van der Waals surface area contributed by atoms with Crippen LogP contribution in [-0.2, 0) is 16.0 Å². The standard InChI is InChI=1S/C15H18FNO4S/c1-21-11-4-2-3-10(13(11)16)5-6-12(18)17-15(14(19)20)7-8-22-9-15/h2-4H,5-9H2,1H3,(H,17,18)(H,19,20). The molecule has 2 rings (SSSR count).